The molecule has 3 nitrogen and oxygen atoms in total. The summed E-state index contributed by atoms with van der Waals surface area (Å²) in [6, 6.07) is 6.34. The minimum Gasteiger partial charge on any atom is -0.380 e. The molecule has 0 radical (unpaired) electrons. The number of hydrogen-bond acceptors (Lipinski definition) is 2. The van der Waals surface area contributed by atoms with Gasteiger partial charge in [0.15, 0.2) is 0 Å². The molecule has 0 atom stereocenters. The first-order valence-corrected chi connectivity index (χ1v) is 8.46. The van der Waals surface area contributed by atoms with E-state index in [1.165, 1.54) is 9.13 Å². The molecule has 1 aromatic carbocycles. The lowest BCUT2D eigenvalue weighted by atomic mass is 10.1. The van der Waals surface area contributed by atoms with Crippen molar-refractivity contribution in [2.24, 2.45) is 0 Å². The monoisotopic (exact) mass is 387 g/mol. The predicted molar refractivity (Wildman–Crippen MR) is 90.2 cm³/mol. The number of hydrogen-bond donors (Lipinski definition) is 0. The summed E-state index contributed by atoms with van der Waals surface area (Å²) in [7, 11) is 0. The SMILES string of the molecule is CCCCOCCN1C(=O)CCCc2cc(I)ccc21. The molecule has 1 aromatic rings. The van der Waals surface area contributed by atoms with Crippen molar-refractivity contribution in [3.8, 4) is 0 Å². The van der Waals surface area contributed by atoms with Gasteiger partial charge in [0, 0.05) is 28.8 Å². The van der Waals surface area contributed by atoms with Crippen molar-refractivity contribution in [3.05, 3.63) is 27.3 Å². The summed E-state index contributed by atoms with van der Waals surface area (Å²) >= 11 is 2.33. The van der Waals surface area contributed by atoms with Gasteiger partial charge in [0.1, 0.15) is 0 Å². The van der Waals surface area contributed by atoms with Gasteiger partial charge in [0.25, 0.3) is 0 Å². The molecule has 0 bridgehead atoms. The molecule has 1 heterocycles. The maximum Gasteiger partial charge on any atom is 0.227 e. The number of nitrogens with zero attached hydrogens (tertiary/aromatic N) is 1. The molecule has 110 valence electrons. The van der Waals surface area contributed by atoms with Gasteiger partial charge in [-0.05, 0) is 65.6 Å². The van der Waals surface area contributed by atoms with Crippen LogP contribution in [0.4, 0.5) is 5.69 Å². The van der Waals surface area contributed by atoms with Crippen molar-refractivity contribution in [3.63, 3.8) is 0 Å². The van der Waals surface area contributed by atoms with E-state index in [9.17, 15) is 4.79 Å². The van der Waals surface area contributed by atoms with Gasteiger partial charge in [-0.2, -0.15) is 0 Å². The Labute approximate surface area is 134 Å². The van der Waals surface area contributed by atoms with Crippen molar-refractivity contribution >= 4 is 34.2 Å². The fraction of sp³-hybridized carbons (Fsp3) is 0.562. The van der Waals surface area contributed by atoms with Gasteiger partial charge in [0.05, 0.1) is 6.61 Å². The summed E-state index contributed by atoms with van der Waals surface area (Å²) in [5.41, 5.74) is 2.36. The molecule has 4 heteroatoms. The van der Waals surface area contributed by atoms with E-state index in [1.54, 1.807) is 0 Å². The van der Waals surface area contributed by atoms with Crippen molar-refractivity contribution in [1.82, 2.24) is 0 Å². The second-order valence-electron chi connectivity index (χ2n) is 5.14. The molecule has 0 aromatic heterocycles. The van der Waals surface area contributed by atoms with E-state index in [0.29, 0.717) is 19.6 Å². The molecule has 0 saturated heterocycles. The van der Waals surface area contributed by atoms with Crippen LogP contribution in [0.15, 0.2) is 18.2 Å². The maximum absolute atomic E-state index is 12.3. The highest BCUT2D eigenvalue weighted by Gasteiger charge is 2.21. The van der Waals surface area contributed by atoms with E-state index in [0.717, 1.165) is 38.0 Å². The number of carbonyl (C=O) groups excluding carboxylic acids is 1. The summed E-state index contributed by atoms with van der Waals surface area (Å²) in [6.07, 6.45) is 4.80. The lowest BCUT2D eigenvalue weighted by Crippen LogP contribution is -2.33. The van der Waals surface area contributed by atoms with Crippen LogP contribution in [0.3, 0.4) is 0 Å². The van der Waals surface area contributed by atoms with Crippen LogP contribution in [0.25, 0.3) is 0 Å². The topological polar surface area (TPSA) is 29.5 Å². The van der Waals surface area contributed by atoms with Gasteiger partial charge in [-0.3, -0.25) is 4.79 Å². The van der Waals surface area contributed by atoms with Gasteiger partial charge in [-0.25, -0.2) is 0 Å². The van der Waals surface area contributed by atoms with Crippen LogP contribution in [0, 0.1) is 3.57 Å². The van der Waals surface area contributed by atoms with Crippen LogP contribution < -0.4 is 4.90 Å². The molecule has 0 spiro atoms. The van der Waals surface area contributed by atoms with Crippen molar-refractivity contribution in [1.29, 1.82) is 0 Å². The molecule has 0 saturated carbocycles. The quantitative estimate of drug-likeness (QED) is 0.549. The summed E-state index contributed by atoms with van der Waals surface area (Å²) in [5, 5.41) is 0. The Hall–Kier alpha value is -0.620. The summed E-state index contributed by atoms with van der Waals surface area (Å²) in [4.78, 5) is 14.2. The van der Waals surface area contributed by atoms with E-state index in [2.05, 4.69) is 47.7 Å². The van der Waals surface area contributed by atoms with Crippen LogP contribution in [0.1, 0.15) is 38.2 Å². The molecule has 0 aliphatic carbocycles. The van der Waals surface area contributed by atoms with E-state index >= 15 is 0 Å². The Balaban J connectivity index is 2.04. The highest BCUT2D eigenvalue weighted by Crippen LogP contribution is 2.28. The standard InChI is InChI=1S/C16H22INO2/c1-2-3-10-20-11-9-18-15-8-7-14(17)12-13(15)5-4-6-16(18)19/h7-8,12H,2-6,9-11H2,1H3. The van der Waals surface area contributed by atoms with Crippen molar-refractivity contribution in [2.45, 2.75) is 39.0 Å². The molecule has 2 rings (SSSR count). The largest absolute Gasteiger partial charge is 0.380 e. The molecule has 0 unspecified atom stereocenters. The van der Waals surface area contributed by atoms with Gasteiger partial charge >= 0.3 is 0 Å². The zero-order chi connectivity index (χ0) is 14.4. The Morgan fingerprint density at radius 1 is 1.30 bits per heavy atom. The second kappa shape index (κ2) is 7.98. The molecule has 1 amide bonds. The number of carbonyl (C=O) groups is 1. The molecular formula is C16H22INO2. The van der Waals surface area contributed by atoms with Crippen molar-refractivity contribution in [2.75, 3.05) is 24.7 Å². The lowest BCUT2D eigenvalue weighted by molar-refractivity contribution is -0.118. The number of halogens is 1. The minimum absolute atomic E-state index is 0.226. The van der Waals surface area contributed by atoms with Crippen LogP contribution in [0.2, 0.25) is 0 Å². The maximum atomic E-state index is 12.3. The molecule has 20 heavy (non-hydrogen) atoms. The number of aryl methyl sites for hydroxylation is 1. The number of amides is 1. The lowest BCUT2D eigenvalue weighted by Gasteiger charge is -2.23. The van der Waals surface area contributed by atoms with Gasteiger partial charge in [-0.15, -0.1) is 0 Å². The highest BCUT2D eigenvalue weighted by atomic mass is 127. The van der Waals surface area contributed by atoms with Gasteiger partial charge < -0.3 is 9.64 Å². The van der Waals surface area contributed by atoms with Gasteiger partial charge in [0.2, 0.25) is 5.91 Å². The minimum atomic E-state index is 0.226. The van der Waals surface area contributed by atoms with Gasteiger partial charge in [-0.1, -0.05) is 13.3 Å². The molecular weight excluding hydrogens is 365 g/mol. The highest BCUT2D eigenvalue weighted by molar-refractivity contribution is 14.1. The normalized spacial score (nSPS) is 15.1. The molecule has 0 N–H and O–H groups in total. The van der Waals surface area contributed by atoms with Crippen LogP contribution in [0.5, 0.6) is 0 Å². The average molecular weight is 387 g/mol. The number of anilines is 1. The Kier molecular flexibility index (Phi) is 6.29. The third-order valence-corrected chi connectivity index (χ3v) is 4.24. The summed E-state index contributed by atoms with van der Waals surface area (Å²) < 4.78 is 6.84. The Morgan fingerprint density at radius 2 is 2.15 bits per heavy atom. The Bertz CT molecular complexity index is 462. The first-order chi connectivity index (χ1) is 9.72. The van der Waals surface area contributed by atoms with Crippen LogP contribution in [-0.4, -0.2) is 25.7 Å². The Morgan fingerprint density at radius 3 is 2.95 bits per heavy atom. The summed E-state index contributed by atoms with van der Waals surface area (Å²) in [6.45, 7) is 4.23. The third-order valence-electron chi connectivity index (χ3n) is 3.57. The fourth-order valence-electron chi connectivity index (χ4n) is 2.47. The van der Waals surface area contributed by atoms with E-state index in [4.69, 9.17) is 4.74 Å². The number of fused-ring (bicyclic) bond motifs is 1. The number of rotatable bonds is 6. The smallest absolute Gasteiger partial charge is 0.227 e. The zero-order valence-corrected chi connectivity index (χ0v) is 14.2. The summed E-state index contributed by atoms with van der Waals surface area (Å²) in [5.74, 6) is 0.226. The first-order valence-electron chi connectivity index (χ1n) is 7.39. The first kappa shape index (κ1) is 15.8. The zero-order valence-electron chi connectivity index (χ0n) is 12.0. The molecule has 0 fully saturated rings. The number of benzene rings is 1. The predicted octanol–water partition coefficient (Wildman–Crippen LogP) is 3.78. The second-order valence-corrected chi connectivity index (χ2v) is 6.38. The average Bonchev–Trinajstić information content (AvgIpc) is 2.58. The van der Waals surface area contributed by atoms with E-state index in [1.807, 2.05) is 4.90 Å². The fourth-order valence-corrected chi connectivity index (χ4v) is 3.02. The molecule has 1 aliphatic heterocycles. The van der Waals surface area contributed by atoms with Crippen LogP contribution >= 0.6 is 22.6 Å². The third kappa shape index (κ3) is 4.19. The van der Waals surface area contributed by atoms with E-state index in [-0.39, 0.29) is 5.91 Å². The van der Waals surface area contributed by atoms with Crippen molar-refractivity contribution < 1.29 is 9.53 Å². The van der Waals surface area contributed by atoms with E-state index < -0.39 is 0 Å². The number of unbranched alkanes of at least 4 members (excludes halogenated alkanes) is 1. The number of ether oxygens (including phenoxy) is 1. The van der Waals surface area contributed by atoms with Crippen LogP contribution in [-0.2, 0) is 16.0 Å². The molecule has 1 aliphatic rings.